The molecule has 9 heteroatoms. The number of nitrogens with zero attached hydrogens (tertiary/aromatic N) is 2. The van der Waals surface area contributed by atoms with Gasteiger partial charge in [-0.25, -0.2) is 14.6 Å². The standard InChI is InChI=1S/C27H29N3O5Si/c1-6-12-36(4,5)24-21-18(27(7-2,25(32)34-24)35-26(33)28-3)14-20-22-17(15-30(20)23(21)31)13-16-10-8-9-11-19(16)29-22/h6,8-11,13-14,24H,1,7,12,15H2,2-5H3,(H,28,33). The van der Waals surface area contributed by atoms with Gasteiger partial charge in [-0.2, -0.15) is 0 Å². The molecule has 2 atom stereocenters. The number of ether oxygens (including phenoxy) is 2. The fourth-order valence-corrected chi connectivity index (χ4v) is 7.83. The van der Waals surface area contributed by atoms with E-state index in [1.54, 1.807) is 17.6 Å². The van der Waals surface area contributed by atoms with E-state index in [9.17, 15) is 14.4 Å². The van der Waals surface area contributed by atoms with E-state index >= 15 is 0 Å². The van der Waals surface area contributed by atoms with Crippen LogP contribution in [0.5, 0.6) is 0 Å². The second kappa shape index (κ2) is 8.44. The molecule has 1 N–H and O–H groups in total. The van der Waals surface area contributed by atoms with Gasteiger partial charge >= 0.3 is 12.1 Å². The van der Waals surface area contributed by atoms with Gasteiger partial charge in [0, 0.05) is 23.6 Å². The molecule has 2 unspecified atom stereocenters. The Bertz CT molecular complexity index is 1490. The van der Waals surface area contributed by atoms with E-state index < -0.39 is 31.5 Å². The summed E-state index contributed by atoms with van der Waals surface area (Å²) < 4.78 is 13.4. The Hall–Kier alpha value is -3.72. The minimum atomic E-state index is -2.35. The molecule has 2 aromatic heterocycles. The van der Waals surface area contributed by atoms with Crippen molar-refractivity contribution in [2.75, 3.05) is 7.05 Å². The second-order valence-corrected chi connectivity index (χ2v) is 14.9. The van der Waals surface area contributed by atoms with Crippen molar-refractivity contribution in [1.82, 2.24) is 14.9 Å². The Balaban J connectivity index is 1.82. The third-order valence-electron chi connectivity index (χ3n) is 7.31. The Morgan fingerprint density at radius 2 is 2.08 bits per heavy atom. The molecule has 1 aromatic carbocycles. The molecule has 0 saturated heterocycles. The summed E-state index contributed by atoms with van der Waals surface area (Å²) in [7, 11) is -0.925. The Morgan fingerprint density at radius 1 is 1.33 bits per heavy atom. The van der Waals surface area contributed by atoms with Gasteiger partial charge in [0.15, 0.2) is 0 Å². The first-order valence-electron chi connectivity index (χ1n) is 12.1. The van der Waals surface area contributed by atoms with E-state index in [0.29, 0.717) is 35.1 Å². The molecular weight excluding hydrogens is 474 g/mol. The van der Waals surface area contributed by atoms with Crippen LogP contribution < -0.4 is 10.9 Å². The largest absolute Gasteiger partial charge is 0.458 e. The lowest BCUT2D eigenvalue weighted by molar-refractivity contribution is -0.174. The lowest BCUT2D eigenvalue weighted by Gasteiger charge is -2.42. The SMILES string of the molecule is C=CC[Si](C)(C)C1OC(=O)C(CC)(OC(=O)NC)c2cc3n(c(=O)c21)Cc1cc2ccccc2nc1-3. The first-order chi connectivity index (χ1) is 17.2. The van der Waals surface area contributed by atoms with Crippen molar-refractivity contribution < 1.29 is 19.1 Å². The van der Waals surface area contributed by atoms with Gasteiger partial charge in [0.2, 0.25) is 5.60 Å². The first-order valence-corrected chi connectivity index (χ1v) is 15.3. The number of nitrogens with one attached hydrogen (secondary N) is 1. The van der Waals surface area contributed by atoms with Crippen LogP contribution in [0.15, 0.2) is 53.8 Å². The molecule has 0 saturated carbocycles. The zero-order chi connectivity index (χ0) is 25.8. The van der Waals surface area contributed by atoms with Gasteiger partial charge in [-0.1, -0.05) is 44.3 Å². The van der Waals surface area contributed by atoms with E-state index in [4.69, 9.17) is 14.5 Å². The Kier molecular flexibility index (Phi) is 5.63. The number of benzene rings is 1. The Labute approximate surface area is 210 Å². The number of allylic oxidation sites excluding steroid dienone is 1. The van der Waals surface area contributed by atoms with Crippen LogP contribution in [0.2, 0.25) is 19.1 Å². The number of para-hydroxylation sites is 1. The molecule has 0 radical (unpaired) electrons. The highest BCUT2D eigenvalue weighted by atomic mass is 28.3. The molecule has 1 amide bonds. The molecule has 36 heavy (non-hydrogen) atoms. The fourth-order valence-electron chi connectivity index (χ4n) is 5.39. The average Bonchev–Trinajstić information content (AvgIpc) is 3.21. The molecule has 186 valence electrons. The molecule has 2 aliphatic rings. The second-order valence-electron chi connectivity index (χ2n) is 10.0. The fraction of sp³-hybridized carbons (Fsp3) is 0.333. The quantitative estimate of drug-likeness (QED) is 0.246. The molecule has 3 aromatic rings. The van der Waals surface area contributed by atoms with Crippen LogP contribution in [-0.2, 0) is 26.4 Å². The number of carbonyl (C=O) groups excluding carboxylic acids is 2. The van der Waals surface area contributed by atoms with Crippen molar-refractivity contribution in [3.05, 3.63) is 76.1 Å². The van der Waals surface area contributed by atoms with Gasteiger partial charge in [-0.3, -0.25) is 4.79 Å². The number of carbonyl (C=O) groups is 2. The van der Waals surface area contributed by atoms with Crippen molar-refractivity contribution in [2.24, 2.45) is 0 Å². The van der Waals surface area contributed by atoms with Crippen LogP contribution in [0.3, 0.4) is 0 Å². The molecule has 4 heterocycles. The molecule has 0 bridgehead atoms. The third kappa shape index (κ3) is 3.41. The van der Waals surface area contributed by atoms with Crippen molar-refractivity contribution in [1.29, 1.82) is 0 Å². The van der Waals surface area contributed by atoms with Crippen LogP contribution in [0.1, 0.15) is 35.8 Å². The summed E-state index contributed by atoms with van der Waals surface area (Å²) >= 11 is 0. The number of rotatable bonds is 5. The Morgan fingerprint density at radius 3 is 2.78 bits per heavy atom. The maximum atomic E-state index is 14.2. The van der Waals surface area contributed by atoms with Crippen molar-refractivity contribution >= 4 is 31.0 Å². The number of hydrogen-bond donors (Lipinski definition) is 1. The van der Waals surface area contributed by atoms with Crippen LogP contribution in [0, 0.1) is 0 Å². The molecule has 0 aliphatic carbocycles. The molecule has 0 spiro atoms. The summed E-state index contributed by atoms with van der Waals surface area (Å²) in [6.07, 6.45) is 1.15. The van der Waals surface area contributed by atoms with Crippen LogP contribution >= 0.6 is 0 Å². The highest BCUT2D eigenvalue weighted by Gasteiger charge is 2.56. The maximum absolute atomic E-state index is 14.2. The summed E-state index contributed by atoms with van der Waals surface area (Å²) in [5.74, 6) is -0.662. The van der Waals surface area contributed by atoms with E-state index in [0.717, 1.165) is 16.5 Å². The average molecular weight is 504 g/mol. The van der Waals surface area contributed by atoms with E-state index in [1.807, 2.05) is 36.4 Å². The summed E-state index contributed by atoms with van der Waals surface area (Å²) in [4.78, 5) is 45.0. The molecule has 8 nitrogen and oxygen atoms in total. The minimum Gasteiger partial charge on any atom is -0.458 e. The van der Waals surface area contributed by atoms with Crippen molar-refractivity contribution in [3.63, 3.8) is 0 Å². The van der Waals surface area contributed by atoms with Gasteiger partial charge in [0.25, 0.3) is 5.56 Å². The predicted octanol–water partition coefficient (Wildman–Crippen LogP) is 4.42. The number of pyridine rings is 2. The normalized spacial score (nSPS) is 20.2. The number of cyclic esters (lactones) is 1. The monoisotopic (exact) mass is 503 g/mol. The summed E-state index contributed by atoms with van der Waals surface area (Å²) in [6.45, 7) is 10.1. The lowest BCUT2D eigenvalue weighted by Crippen LogP contribution is -2.54. The zero-order valence-electron chi connectivity index (χ0n) is 20.9. The number of aromatic nitrogens is 2. The number of alkyl carbamates (subject to hydrolysis) is 1. The summed E-state index contributed by atoms with van der Waals surface area (Å²) in [5.41, 5.74) is 1.13. The number of esters is 1. The van der Waals surface area contributed by atoms with E-state index in [2.05, 4.69) is 25.0 Å². The predicted molar refractivity (Wildman–Crippen MR) is 139 cm³/mol. The highest BCUT2D eigenvalue weighted by molar-refractivity contribution is 6.79. The van der Waals surface area contributed by atoms with Gasteiger partial charge in [-0.05, 0) is 30.7 Å². The smallest absolute Gasteiger partial charge is 0.408 e. The van der Waals surface area contributed by atoms with Gasteiger partial charge in [0.05, 0.1) is 29.0 Å². The molecular formula is C27H29N3O5Si. The van der Waals surface area contributed by atoms with Crippen LogP contribution in [0.25, 0.3) is 22.3 Å². The molecule has 2 aliphatic heterocycles. The zero-order valence-corrected chi connectivity index (χ0v) is 21.9. The summed E-state index contributed by atoms with van der Waals surface area (Å²) in [5, 5.41) is 3.41. The van der Waals surface area contributed by atoms with Crippen molar-refractivity contribution in [2.45, 2.75) is 50.4 Å². The van der Waals surface area contributed by atoms with Gasteiger partial charge < -0.3 is 19.4 Å². The highest BCUT2D eigenvalue weighted by Crippen LogP contribution is 2.47. The molecule has 0 fully saturated rings. The first kappa shape index (κ1) is 24.0. The summed E-state index contributed by atoms with van der Waals surface area (Å²) in [6, 6.07) is 12.3. The van der Waals surface area contributed by atoms with E-state index in [-0.39, 0.29) is 12.0 Å². The van der Waals surface area contributed by atoms with E-state index in [1.165, 1.54) is 7.05 Å². The van der Waals surface area contributed by atoms with Crippen LogP contribution in [0.4, 0.5) is 4.79 Å². The maximum Gasteiger partial charge on any atom is 0.408 e. The van der Waals surface area contributed by atoms with Crippen molar-refractivity contribution in [3.8, 4) is 11.4 Å². The topological polar surface area (TPSA) is 99.5 Å². The number of fused-ring (bicyclic) bond motifs is 5. The van der Waals surface area contributed by atoms with Crippen LogP contribution in [-0.4, -0.2) is 36.7 Å². The molecule has 5 rings (SSSR count). The van der Waals surface area contributed by atoms with Gasteiger partial charge in [-0.15, -0.1) is 6.58 Å². The van der Waals surface area contributed by atoms with Gasteiger partial charge in [0.1, 0.15) is 13.8 Å². The minimum absolute atomic E-state index is 0.114. The number of amides is 1. The number of hydrogen-bond acceptors (Lipinski definition) is 6. The third-order valence-corrected chi connectivity index (χ3v) is 10.5. The lowest BCUT2D eigenvalue weighted by atomic mass is 9.85.